The molecule has 1 amide bonds. The van der Waals surface area contributed by atoms with Gasteiger partial charge in [0, 0.05) is 15.8 Å². The number of methoxy groups -OCH3 is 1. The van der Waals surface area contributed by atoms with Crippen molar-refractivity contribution in [3.05, 3.63) is 81.7 Å². The van der Waals surface area contributed by atoms with Gasteiger partial charge < -0.3 is 10.1 Å². The molecule has 2 heterocycles. The van der Waals surface area contributed by atoms with Crippen LogP contribution in [-0.4, -0.2) is 24.0 Å². The van der Waals surface area contributed by atoms with Gasteiger partial charge in [0.2, 0.25) is 0 Å². The first-order valence-electron chi connectivity index (χ1n) is 12.0. The maximum atomic E-state index is 13.6. The summed E-state index contributed by atoms with van der Waals surface area (Å²) in [5.41, 5.74) is 5.75. The summed E-state index contributed by atoms with van der Waals surface area (Å²) in [5.74, 6) is -0.215. The van der Waals surface area contributed by atoms with Crippen molar-refractivity contribution in [2.45, 2.75) is 45.4 Å². The van der Waals surface area contributed by atoms with Crippen LogP contribution in [0.4, 0.5) is 5.00 Å². The fraction of sp³-hybridized carbons (Fsp3) is 0.276. The van der Waals surface area contributed by atoms with Gasteiger partial charge in [0.25, 0.3) is 5.91 Å². The molecule has 178 valence electrons. The molecule has 0 bridgehead atoms. The SMILES string of the molecule is COC(=O)c1c(NC(=O)c2cc(-c3ccc(C(C)C)cc3)nc3ccccc23)sc2c1CCCC2. The largest absolute Gasteiger partial charge is 0.465 e. The molecule has 0 atom stereocenters. The van der Waals surface area contributed by atoms with E-state index in [4.69, 9.17) is 9.72 Å². The first-order chi connectivity index (χ1) is 17.0. The lowest BCUT2D eigenvalue weighted by Crippen LogP contribution is -2.16. The van der Waals surface area contributed by atoms with E-state index in [1.807, 2.05) is 30.3 Å². The summed E-state index contributed by atoms with van der Waals surface area (Å²) < 4.78 is 5.07. The number of hydrogen-bond acceptors (Lipinski definition) is 5. The number of hydrogen-bond donors (Lipinski definition) is 1. The molecule has 5 nitrogen and oxygen atoms in total. The molecule has 2 aromatic carbocycles. The van der Waals surface area contributed by atoms with Crippen LogP contribution in [0.2, 0.25) is 0 Å². The summed E-state index contributed by atoms with van der Waals surface area (Å²) in [5, 5.41) is 4.38. The molecule has 2 aromatic heterocycles. The van der Waals surface area contributed by atoms with E-state index in [1.54, 1.807) is 0 Å². The van der Waals surface area contributed by atoms with Crippen molar-refractivity contribution in [2.75, 3.05) is 12.4 Å². The number of rotatable bonds is 5. The quantitative estimate of drug-likeness (QED) is 0.310. The molecule has 1 N–H and O–H groups in total. The second kappa shape index (κ2) is 9.62. The number of para-hydroxylation sites is 1. The number of fused-ring (bicyclic) bond motifs is 2. The highest BCUT2D eigenvalue weighted by Crippen LogP contribution is 2.39. The topological polar surface area (TPSA) is 68.3 Å². The predicted molar refractivity (Wildman–Crippen MR) is 142 cm³/mol. The molecule has 0 fully saturated rings. The van der Waals surface area contributed by atoms with Crippen molar-refractivity contribution < 1.29 is 14.3 Å². The monoisotopic (exact) mass is 484 g/mol. The second-order valence-electron chi connectivity index (χ2n) is 9.21. The number of nitrogens with zero attached hydrogens (tertiary/aromatic N) is 1. The van der Waals surface area contributed by atoms with Gasteiger partial charge in [0.1, 0.15) is 5.00 Å². The van der Waals surface area contributed by atoms with E-state index in [-0.39, 0.29) is 5.91 Å². The lowest BCUT2D eigenvalue weighted by atomic mass is 9.95. The van der Waals surface area contributed by atoms with E-state index in [0.29, 0.717) is 22.0 Å². The van der Waals surface area contributed by atoms with Gasteiger partial charge >= 0.3 is 5.97 Å². The van der Waals surface area contributed by atoms with Crippen LogP contribution < -0.4 is 5.32 Å². The Balaban J connectivity index is 1.56. The number of amides is 1. The first-order valence-corrected chi connectivity index (χ1v) is 12.8. The van der Waals surface area contributed by atoms with Gasteiger partial charge in [-0.3, -0.25) is 4.79 Å². The molecule has 35 heavy (non-hydrogen) atoms. The molecule has 0 saturated heterocycles. The van der Waals surface area contributed by atoms with Crippen LogP contribution in [0.15, 0.2) is 54.6 Å². The molecular formula is C29H28N2O3S. The van der Waals surface area contributed by atoms with Crippen molar-refractivity contribution >= 4 is 39.1 Å². The zero-order valence-corrected chi connectivity index (χ0v) is 21.0. The number of carbonyl (C=O) groups is 2. The van der Waals surface area contributed by atoms with Crippen LogP contribution in [0.5, 0.6) is 0 Å². The van der Waals surface area contributed by atoms with Crippen LogP contribution in [-0.2, 0) is 17.6 Å². The van der Waals surface area contributed by atoms with Crippen molar-refractivity contribution in [3.8, 4) is 11.3 Å². The molecular weight excluding hydrogens is 456 g/mol. The molecule has 6 heteroatoms. The van der Waals surface area contributed by atoms with Gasteiger partial charge in [-0.1, -0.05) is 56.3 Å². The number of thiophene rings is 1. The van der Waals surface area contributed by atoms with Gasteiger partial charge in [-0.05, 0) is 54.9 Å². The third-order valence-electron chi connectivity index (χ3n) is 6.62. The van der Waals surface area contributed by atoms with E-state index < -0.39 is 5.97 Å². The first kappa shape index (κ1) is 23.2. The minimum atomic E-state index is -0.398. The van der Waals surface area contributed by atoms with E-state index in [0.717, 1.165) is 58.3 Å². The second-order valence-corrected chi connectivity index (χ2v) is 10.3. The Morgan fingerprint density at radius 3 is 2.51 bits per heavy atom. The van der Waals surface area contributed by atoms with Gasteiger partial charge in [-0.25, -0.2) is 9.78 Å². The number of aryl methyl sites for hydroxylation is 1. The van der Waals surface area contributed by atoms with Crippen molar-refractivity contribution in [3.63, 3.8) is 0 Å². The average molecular weight is 485 g/mol. The highest BCUT2D eigenvalue weighted by Gasteiger charge is 2.27. The molecule has 0 saturated carbocycles. The normalized spacial score (nSPS) is 13.0. The Kier molecular flexibility index (Phi) is 6.39. The van der Waals surface area contributed by atoms with Crippen molar-refractivity contribution in [2.24, 2.45) is 0 Å². The molecule has 0 spiro atoms. The van der Waals surface area contributed by atoms with E-state index in [1.165, 1.54) is 24.0 Å². The van der Waals surface area contributed by atoms with Crippen LogP contribution in [0.1, 0.15) is 69.3 Å². The fourth-order valence-electron chi connectivity index (χ4n) is 4.69. The summed E-state index contributed by atoms with van der Waals surface area (Å²) >= 11 is 1.49. The standard InChI is InChI=1S/C29H28N2O3S/c1-17(2)18-12-14-19(15-13-18)24-16-22(20-8-4-6-10-23(20)30-24)27(32)31-28-26(29(33)34-3)21-9-5-7-11-25(21)35-28/h4,6,8,10,12-17H,5,7,9,11H2,1-3H3,(H,31,32). The highest BCUT2D eigenvalue weighted by atomic mass is 32.1. The third-order valence-corrected chi connectivity index (χ3v) is 7.83. The minimum Gasteiger partial charge on any atom is -0.465 e. The van der Waals surface area contributed by atoms with E-state index >= 15 is 0 Å². The van der Waals surface area contributed by atoms with Gasteiger partial charge in [-0.15, -0.1) is 11.3 Å². The molecule has 5 rings (SSSR count). The highest BCUT2D eigenvalue weighted by molar-refractivity contribution is 7.17. The molecule has 1 aliphatic rings. The summed E-state index contributed by atoms with van der Waals surface area (Å²) in [7, 11) is 1.38. The average Bonchev–Trinajstić information content (AvgIpc) is 3.25. The number of anilines is 1. The summed E-state index contributed by atoms with van der Waals surface area (Å²) in [6.45, 7) is 4.33. The Hall–Kier alpha value is -3.51. The number of aromatic nitrogens is 1. The molecule has 1 aliphatic carbocycles. The van der Waals surface area contributed by atoms with Crippen molar-refractivity contribution in [1.82, 2.24) is 4.98 Å². The number of ether oxygens (including phenoxy) is 1. The number of carbonyl (C=O) groups excluding carboxylic acids is 2. The van der Waals surface area contributed by atoms with Crippen molar-refractivity contribution in [1.29, 1.82) is 0 Å². The Labute approximate surface area is 209 Å². The van der Waals surface area contributed by atoms with Crippen LogP contribution in [0.3, 0.4) is 0 Å². The third kappa shape index (κ3) is 4.46. The van der Waals surface area contributed by atoms with Crippen LogP contribution in [0, 0.1) is 0 Å². The lowest BCUT2D eigenvalue weighted by molar-refractivity contribution is 0.0601. The Morgan fingerprint density at radius 2 is 1.77 bits per heavy atom. The number of nitrogens with one attached hydrogen (secondary N) is 1. The summed E-state index contributed by atoms with van der Waals surface area (Å²) in [6.07, 6.45) is 3.89. The van der Waals surface area contributed by atoms with Gasteiger partial charge in [0.05, 0.1) is 29.4 Å². The van der Waals surface area contributed by atoms with Gasteiger partial charge in [0.15, 0.2) is 0 Å². The number of benzene rings is 2. The maximum Gasteiger partial charge on any atom is 0.341 e. The van der Waals surface area contributed by atoms with Crippen LogP contribution in [0.25, 0.3) is 22.2 Å². The zero-order chi connectivity index (χ0) is 24.5. The van der Waals surface area contributed by atoms with E-state index in [9.17, 15) is 9.59 Å². The van der Waals surface area contributed by atoms with Gasteiger partial charge in [-0.2, -0.15) is 0 Å². The molecule has 0 unspecified atom stereocenters. The summed E-state index contributed by atoms with van der Waals surface area (Å²) in [4.78, 5) is 32.3. The smallest absolute Gasteiger partial charge is 0.341 e. The predicted octanol–water partition coefficient (Wildman–Crippen LogP) is 7.00. The summed E-state index contributed by atoms with van der Waals surface area (Å²) in [6, 6.07) is 17.8. The zero-order valence-electron chi connectivity index (χ0n) is 20.2. The maximum absolute atomic E-state index is 13.6. The van der Waals surface area contributed by atoms with Crippen LogP contribution >= 0.6 is 11.3 Å². The molecule has 0 aliphatic heterocycles. The molecule has 0 radical (unpaired) electrons. The fourth-order valence-corrected chi connectivity index (χ4v) is 5.96. The minimum absolute atomic E-state index is 0.257. The Bertz CT molecular complexity index is 1420. The number of esters is 1. The number of pyridine rings is 1. The molecule has 4 aromatic rings. The lowest BCUT2D eigenvalue weighted by Gasteiger charge is -2.13. The Morgan fingerprint density at radius 1 is 1.03 bits per heavy atom. The van der Waals surface area contributed by atoms with E-state index in [2.05, 4.69) is 43.4 Å².